The van der Waals surface area contributed by atoms with E-state index in [1.54, 1.807) is 0 Å². The monoisotopic (exact) mass is 366 g/mol. The van der Waals surface area contributed by atoms with E-state index >= 15 is 0 Å². The van der Waals surface area contributed by atoms with Gasteiger partial charge in [0.25, 0.3) is 0 Å². The summed E-state index contributed by atoms with van der Waals surface area (Å²) in [6.07, 6.45) is 10.3. The zero-order valence-corrected chi connectivity index (χ0v) is 16.4. The smallest absolute Gasteiger partial charge is 0.201 e. The lowest BCUT2D eigenvalue weighted by Gasteiger charge is -2.60. The second-order valence-corrected chi connectivity index (χ2v) is 9.67. The molecule has 5 heteroatoms. The molecule has 0 aromatic rings. The molecule has 0 radical (unpaired) electrons. The van der Waals surface area contributed by atoms with Gasteiger partial charge in [0.05, 0.1) is 6.10 Å². The summed E-state index contributed by atoms with van der Waals surface area (Å²) in [5.41, 5.74) is -0.473. The zero-order chi connectivity index (χ0) is 17.9. The molecule has 6 rings (SSSR count). The van der Waals surface area contributed by atoms with Crippen molar-refractivity contribution < 1.29 is 24.0 Å². The van der Waals surface area contributed by atoms with Crippen molar-refractivity contribution in [1.82, 2.24) is 0 Å². The molecular formula is C21H34O5. The van der Waals surface area contributed by atoms with Gasteiger partial charge in [-0.25, -0.2) is 9.78 Å². The van der Waals surface area contributed by atoms with E-state index in [-0.39, 0.29) is 18.5 Å². The molecule has 0 N–H and O–H groups in total. The van der Waals surface area contributed by atoms with E-state index in [0.29, 0.717) is 23.9 Å². The minimum absolute atomic E-state index is 0.195. The normalized spacial score (nSPS) is 54.6. The summed E-state index contributed by atoms with van der Waals surface area (Å²) < 4.78 is 19.4. The molecule has 1 spiro atoms. The van der Waals surface area contributed by atoms with E-state index in [0.717, 1.165) is 32.1 Å². The number of ether oxygens (including phenoxy) is 3. The molecule has 6 fully saturated rings. The number of hydrogen-bond acceptors (Lipinski definition) is 5. The maximum absolute atomic E-state index is 6.51. The Bertz CT molecular complexity index is 534. The summed E-state index contributed by atoms with van der Waals surface area (Å²) >= 11 is 0. The average Bonchev–Trinajstić information content (AvgIpc) is 2.86. The lowest BCUT2D eigenvalue weighted by atomic mass is 9.58. The largest absolute Gasteiger partial charge is 0.349 e. The number of fused-ring (bicyclic) bond motifs is 2. The van der Waals surface area contributed by atoms with Gasteiger partial charge < -0.3 is 14.2 Å². The van der Waals surface area contributed by atoms with Crippen LogP contribution in [0.2, 0.25) is 0 Å². The van der Waals surface area contributed by atoms with E-state index in [9.17, 15) is 0 Å². The Kier molecular flexibility index (Phi) is 4.41. The first-order chi connectivity index (χ1) is 12.5. The third-order valence-electron chi connectivity index (χ3n) is 7.98. The van der Waals surface area contributed by atoms with Gasteiger partial charge in [0.1, 0.15) is 0 Å². The molecule has 4 heterocycles. The first-order valence-electron chi connectivity index (χ1n) is 10.9. The fourth-order valence-corrected chi connectivity index (χ4v) is 6.42. The molecule has 6 aliphatic rings. The summed E-state index contributed by atoms with van der Waals surface area (Å²) in [4.78, 5) is 12.1. The van der Waals surface area contributed by atoms with Crippen LogP contribution >= 0.6 is 0 Å². The van der Waals surface area contributed by atoms with E-state index in [1.165, 1.54) is 25.7 Å². The van der Waals surface area contributed by atoms with Gasteiger partial charge in [-0.1, -0.05) is 33.1 Å². The Morgan fingerprint density at radius 1 is 0.885 bits per heavy atom. The Hall–Kier alpha value is -0.200. The predicted molar refractivity (Wildman–Crippen MR) is 94.8 cm³/mol. The molecule has 0 aromatic carbocycles. The van der Waals surface area contributed by atoms with Gasteiger partial charge in [0.15, 0.2) is 18.2 Å². The summed E-state index contributed by atoms with van der Waals surface area (Å²) in [5, 5.41) is 0. The molecule has 26 heavy (non-hydrogen) atoms. The fraction of sp³-hybridized carbons (Fsp3) is 1.00. The Morgan fingerprint density at radius 3 is 2.50 bits per heavy atom. The molecule has 8 atom stereocenters. The van der Waals surface area contributed by atoms with Crippen molar-refractivity contribution in [3.63, 3.8) is 0 Å². The molecule has 0 aromatic heterocycles. The predicted octanol–water partition coefficient (Wildman–Crippen LogP) is 4.54. The van der Waals surface area contributed by atoms with Crippen LogP contribution in [0.25, 0.3) is 0 Å². The topological polar surface area (TPSA) is 46.2 Å². The molecule has 148 valence electrons. The van der Waals surface area contributed by atoms with Gasteiger partial charge in [-0.3, -0.25) is 0 Å². The van der Waals surface area contributed by atoms with Crippen LogP contribution in [-0.4, -0.2) is 30.1 Å². The number of rotatable bonds is 2. The molecule has 2 bridgehead atoms. The van der Waals surface area contributed by atoms with Crippen LogP contribution in [0.15, 0.2) is 0 Å². The molecule has 2 saturated carbocycles. The third kappa shape index (κ3) is 2.61. The average molecular weight is 366 g/mol. The second kappa shape index (κ2) is 6.41. The van der Waals surface area contributed by atoms with Gasteiger partial charge in [0, 0.05) is 18.3 Å². The highest BCUT2D eigenvalue weighted by Gasteiger charge is 2.69. The molecule has 4 aliphatic heterocycles. The van der Waals surface area contributed by atoms with Crippen LogP contribution in [0.4, 0.5) is 0 Å². The fourth-order valence-electron chi connectivity index (χ4n) is 6.42. The molecular weight excluding hydrogens is 332 g/mol. The molecule has 5 nitrogen and oxygen atoms in total. The number of hydrogen-bond donors (Lipinski definition) is 0. The zero-order valence-electron chi connectivity index (χ0n) is 16.4. The first kappa shape index (κ1) is 17.9. The Balaban J connectivity index is 1.44. The minimum atomic E-state index is -0.701. The summed E-state index contributed by atoms with van der Waals surface area (Å²) in [6, 6.07) is 0. The van der Waals surface area contributed by atoms with Crippen LogP contribution in [0.3, 0.4) is 0 Å². The van der Waals surface area contributed by atoms with Crippen molar-refractivity contribution in [3.8, 4) is 0 Å². The van der Waals surface area contributed by atoms with E-state index in [2.05, 4.69) is 13.8 Å². The standard InChI is InChI=1S/C21H34O5/c1-13-9-10-17-14(2)18(22-15-7-5-4-6-8-15)23-19-21(17)16(13)11-12-20(3,24-19)25-26-21/h13-19H,4-12H2,1-3H3/t13-,14-,16?,17?,18?,19-,20?,21-/m1/s1. The van der Waals surface area contributed by atoms with Gasteiger partial charge in [-0.15, -0.1) is 0 Å². The molecule has 0 amide bonds. The SMILES string of the molecule is C[C@H]1C(OC2CCCCC2)O[C@@H]2OC3(C)CCC4[C@H](C)CCC1[C@]42OO3. The first-order valence-corrected chi connectivity index (χ1v) is 10.9. The van der Waals surface area contributed by atoms with Gasteiger partial charge in [-0.2, -0.15) is 0 Å². The van der Waals surface area contributed by atoms with Crippen molar-refractivity contribution >= 4 is 0 Å². The van der Waals surface area contributed by atoms with Crippen LogP contribution in [0.5, 0.6) is 0 Å². The van der Waals surface area contributed by atoms with Gasteiger partial charge in [0.2, 0.25) is 5.79 Å². The Morgan fingerprint density at radius 2 is 1.69 bits per heavy atom. The van der Waals surface area contributed by atoms with Crippen molar-refractivity contribution in [1.29, 1.82) is 0 Å². The second-order valence-electron chi connectivity index (χ2n) is 9.67. The molecule has 2 aliphatic carbocycles. The highest BCUT2D eigenvalue weighted by atomic mass is 17.3. The summed E-state index contributed by atoms with van der Waals surface area (Å²) in [7, 11) is 0. The van der Waals surface area contributed by atoms with Crippen LogP contribution in [0, 0.1) is 23.7 Å². The molecule has 4 saturated heterocycles. The van der Waals surface area contributed by atoms with E-state index in [1.807, 2.05) is 6.92 Å². The van der Waals surface area contributed by atoms with E-state index < -0.39 is 11.4 Å². The maximum Gasteiger partial charge on any atom is 0.201 e. The van der Waals surface area contributed by atoms with Crippen LogP contribution < -0.4 is 0 Å². The van der Waals surface area contributed by atoms with Crippen molar-refractivity contribution in [3.05, 3.63) is 0 Å². The van der Waals surface area contributed by atoms with Crippen molar-refractivity contribution in [2.45, 2.75) is 109 Å². The van der Waals surface area contributed by atoms with Crippen molar-refractivity contribution in [2.75, 3.05) is 0 Å². The summed E-state index contributed by atoms with van der Waals surface area (Å²) in [6.45, 7) is 6.61. The maximum atomic E-state index is 6.51. The lowest BCUT2D eigenvalue weighted by Crippen LogP contribution is -2.70. The van der Waals surface area contributed by atoms with Crippen molar-refractivity contribution in [2.24, 2.45) is 23.7 Å². The quantitative estimate of drug-likeness (QED) is 0.671. The molecule has 4 unspecified atom stereocenters. The highest BCUT2D eigenvalue weighted by molar-refractivity contribution is 5.09. The minimum Gasteiger partial charge on any atom is -0.349 e. The van der Waals surface area contributed by atoms with Crippen LogP contribution in [0.1, 0.15) is 78.6 Å². The van der Waals surface area contributed by atoms with Crippen LogP contribution in [-0.2, 0) is 24.0 Å². The van der Waals surface area contributed by atoms with Gasteiger partial charge in [-0.05, 0) is 50.9 Å². The Labute approximate surface area is 157 Å². The summed E-state index contributed by atoms with van der Waals surface area (Å²) in [5.74, 6) is 0.978. The lowest BCUT2D eigenvalue weighted by molar-refractivity contribution is -0.578. The highest BCUT2D eigenvalue weighted by Crippen LogP contribution is 2.60. The third-order valence-corrected chi connectivity index (χ3v) is 7.98. The van der Waals surface area contributed by atoms with E-state index in [4.69, 9.17) is 24.0 Å². The van der Waals surface area contributed by atoms with Gasteiger partial charge >= 0.3 is 0 Å².